The van der Waals surface area contributed by atoms with E-state index in [9.17, 15) is 18.5 Å². The van der Waals surface area contributed by atoms with Crippen LogP contribution in [-0.2, 0) is 16.6 Å². The summed E-state index contributed by atoms with van der Waals surface area (Å²) in [5, 5.41) is 10.7. The average Bonchev–Trinajstić information content (AvgIpc) is 2.55. The Kier molecular flexibility index (Phi) is 5.58. The quantitative estimate of drug-likeness (QED) is 0.534. The number of nitrogens with zero attached hydrogens (tertiary/aromatic N) is 2. The van der Waals surface area contributed by atoms with E-state index in [4.69, 9.17) is 4.74 Å². The maximum atomic E-state index is 12.8. The van der Waals surface area contributed by atoms with Crippen molar-refractivity contribution in [1.82, 2.24) is 4.31 Å². The second-order valence-corrected chi connectivity index (χ2v) is 7.91. The molecule has 0 unspecified atom stereocenters. The van der Waals surface area contributed by atoms with Gasteiger partial charge in [-0.05, 0) is 23.8 Å². The van der Waals surface area contributed by atoms with Crippen molar-refractivity contribution in [2.24, 2.45) is 0 Å². The van der Waals surface area contributed by atoms with Crippen molar-refractivity contribution in [2.45, 2.75) is 11.4 Å². The normalized spacial score (nSPS) is 11.5. The SMILES string of the molecule is COc1ccc(Br)cc1S(=O)(=O)N(C)Cc1ccc([N+](=O)[O-])cc1. The molecular weight excluding hydrogens is 400 g/mol. The van der Waals surface area contributed by atoms with Crippen LogP contribution in [0.3, 0.4) is 0 Å². The highest BCUT2D eigenvalue weighted by Crippen LogP contribution is 2.30. The molecule has 0 spiro atoms. The van der Waals surface area contributed by atoms with Gasteiger partial charge in [0.15, 0.2) is 0 Å². The highest BCUT2D eigenvalue weighted by Gasteiger charge is 2.25. The molecule has 0 aliphatic heterocycles. The fraction of sp³-hybridized carbons (Fsp3) is 0.200. The first kappa shape index (κ1) is 18.4. The lowest BCUT2D eigenvalue weighted by atomic mass is 10.2. The summed E-state index contributed by atoms with van der Waals surface area (Å²) in [6.07, 6.45) is 0. The van der Waals surface area contributed by atoms with Gasteiger partial charge in [0.05, 0.1) is 12.0 Å². The molecule has 0 saturated carbocycles. The van der Waals surface area contributed by atoms with Gasteiger partial charge in [0.25, 0.3) is 5.69 Å². The van der Waals surface area contributed by atoms with E-state index in [1.165, 1.54) is 48.8 Å². The van der Waals surface area contributed by atoms with Crippen LogP contribution in [0, 0.1) is 10.1 Å². The second kappa shape index (κ2) is 7.29. The molecule has 0 fully saturated rings. The Labute approximate surface area is 148 Å². The lowest BCUT2D eigenvalue weighted by Crippen LogP contribution is -2.27. The fourth-order valence-corrected chi connectivity index (χ4v) is 3.93. The van der Waals surface area contributed by atoms with Gasteiger partial charge < -0.3 is 4.74 Å². The van der Waals surface area contributed by atoms with E-state index in [0.29, 0.717) is 10.0 Å². The van der Waals surface area contributed by atoms with Crippen LogP contribution in [0.15, 0.2) is 51.8 Å². The monoisotopic (exact) mass is 414 g/mol. The summed E-state index contributed by atoms with van der Waals surface area (Å²) >= 11 is 3.25. The third-order valence-corrected chi connectivity index (χ3v) is 5.68. The van der Waals surface area contributed by atoms with E-state index in [0.717, 1.165) is 0 Å². The number of non-ortho nitro benzene ring substituents is 1. The molecule has 0 amide bonds. The summed E-state index contributed by atoms with van der Waals surface area (Å²) in [5.41, 5.74) is 0.596. The van der Waals surface area contributed by atoms with Crippen molar-refractivity contribution in [2.75, 3.05) is 14.2 Å². The predicted molar refractivity (Wildman–Crippen MR) is 92.4 cm³/mol. The highest BCUT2D eigenvalue weighted by molar-refractivity contribution is 9.10. The lowest BCUT2D eigenvalue weighted by Gasteiger charge is -2.19. The number of sulfonamides is 1. The zero-order chi connectivity index (χ0) is 17.9. The Morgan fingerprint density at radius 2 is 1.83 bits per heavy atom. The molecule has 0 aromatic heterocycles. The van der Waals surface area contributed by atoms with Crippen molar-refractivity contribution in [1.29, 1.82) is 0 Å². The third kappa shape index (κ3) is 3.92. The Balaban J connectivity index is 2.29. The van der Waals surface area contributed by atoms with Crippen LogP contribution in [-0.4, -0.2) is 31.8 Å². The minimum atomic E-state index is -3.78. The van der Waals surface area contributed by atoms with Crippen LogP contribution in [0.5, 0.6) is 5.75 Å². The van der Waals surface area contributed by atoms with E-state index < -0.39 is 14.9 Å². The van der Waals surface area contributed by atoms with E-state index in [2.05, 4.69) is 15.9 Å². The predicted octanol–water partition coefficient (Wildman–Crippen LogP) is 3.19. The Hall–Kier alpha value is -1.97. The summed E-state index contributed by atoms with van der Waals surface area (Å²) in [6, 6.07) is 10.5. The van der Waals surface area contributed by atoms with Gasteiger partial charge in [0, 0.05) is 30.2 Å². The minimum Gasteiger partial charge on any atom is -0.495 e. The molecular formula is C15H15BrN2O5S. The van der Waals surface area contributed by atoms with E-state index in [1.54, 1.807) is 12.1 Å². The van der Waals surface area contributed by atoms with Crippen LogP contribution in [0.4, 0.5) is 5.69 Å². The van der Waals surface area contributed by atoms with Gasteiger partial charge >= 0.3 is 0 Å². The van der Waals surface area contributed by atoms with Gasteiger partial charge in [-0.2, -0.15) is 4.31 Å². The first-order valence-corrected chi connectivity index (χ1v) is 9.02. The standard InChI is InChI=1S/C15H15BrN2O5S/c1-17(10-11-3-6-13(7-4-11)18(19)20)24(21,22)15-9-12(16)5-8-14(15)23-2/h3-9H,10H2,1-2H3. The minimum absolute atomic E-state index is 0.0436. The maximum absolute atomic E-state index is 12.8. The number of benzene rings is 2. The molecule has 0 bridgehead atoms. The molecule has 0 N–H and O–H groups in total. The van der Waals surface area contributed by atoms with Crippen LogP contribution < -0.4 is 4.74 Å². The molecule has 128 valence electrons. The molecule has 9 heteroatoms. The van der Waals surface area contributed by atoms with Gasteiger partial charge in [0.2, 0.25) is 10.0 Å². The molecule has 0 radical (unpaired) electrons. The molecule has 0 atom stereocenters. The summed E-state index contributed by atoms with van der Waals surface area (Å²) < 4.78 is 32.4. The largest absolute Gasteiger partial charge is 0.495 e. The Bertz CT molecular complexity index is 853. The first-order chi connectivity index (χ1) is 11.3. The Morgan fingerprint density at radius 1 is 1.21 bits per heavy atom. The number of nitro groups is 1. The van der Waals surface area contributed by atoms with Crippen LogP contribution >= 0.6 is 15.9 Å². The molecule has 2 rings (SSSR count). The lowest BCUT2D eigenvalue weighted by molar-refractivity contribution is -0.384. The topological polar surface area (TPSA) is 89.8 Å². The summed E-state index contributed by atoms with van der Waals surface area (Å²) in [4.78, 5) is 10.2. The number of hydrogen-bond acceptors (Lipinski definition) is 5. The molecule has 0 heterocycles. The van der Waals surface area contributed by atoms with Crippen LogP contribution in [0.1, 0.15) is 5.56 Å². The average molecular weight is 415 g/mol. The number of halogens is 1. The van der Waals surface area contributed by atoms with Crippen molar-refractivity contribution in [3.8, 4) is 5.75 Å². The van der Waals surface area contributed by atoms with Crippen molar-refractivity contribution < 1.29 is 18.1 Å². The van der Waals surface area contributed by atoms with Gasteiger partial charge in [0.1, 0.15) is 10.6 Å². The van der Waals surface area contributed by atoms with E-state index in [1.807, 2.05) is 0 Å². The molecule has 7 nitrogen and oxygen atoms in total. The smallest absolute Gasteiger partial charge is 0.269 e. The summed E-state index contributed by atoms with van der Waals surface area (Å²) in [6.45, 7) is 0.0794. The number of ether oxygens (including phenoxy) is 1. The number of hydrogen-bond donors (Lipinski definition) is 0. The van der Waals surface area contributed by atoms with Gasteiger partial charge in [-0.1, -0.05) is 28.1 Å². The number of methoxy groups -OCH3 is 1. The molecule has 24 heavy (non-hydrogen) atoms. The maximum Gasteiger partial charge on any atom is 0.269 e. The highest BCUT2D eigenvalue weighted by atomic mass is 79.9. The molecule has 2 aromatic rings. The third-order valence-electron chi connectivity index (χ3n) is 3.37. The fourth-order valence-electron chi connectivity index (χ4n) is 2.09. The van der Waals surface area contributed by atoms with Crippen LogP contribution in [0.25, 0.3) is 0 Å². The van der Waals surface area contributed by atoms with E-state index >= 15 is 0 Å². The van der Waals surface area contributed by atoms with Crippen molar-refractivity contribution in [3.63, 3.8) is 0 Å². The zero-order valence-electron chi connectivity index (χ0n) is 13.0. The van der Waals surface area contributed by atoms with Gasteiger partial charge in [-0.25, -0.2) is 8.42 Å². The molecule has 0 saturated heterocycles. The van der Waals surface area contributed by atoms with Crippen molar-refractivity contribution in [3.05, 3.63) is 62.6 Å². The van der Waals surface area contributed by atoms with Gasteiger partial charge in [-0.3, -0.25) is 10.1 Å². The molecule has 0 aliphatic rings. The van der Waals surface area contributed by atoms with E-state index in [-0.39, 0.29) is 22.9 Å². The number of nitro benzene ring substituents is 1. The zero-order valence-corrected chi connectivity index (χ0v) is 15.4. The first-order valence-electron chi connectivity index (χ1n) is 6.79. The summed E-state index contributed by atoms with van der Waals surface area (Å²) in [7, 11) is -0.941. The Morgan fingerprint density at radius 3 is 2.38 bits per heavy atom. The molecule has 0 aliphatic carbocycles. The summed E-state index contributed by atoms with van der Waals surface area (Å²) in [5.74, 6) is 0.244. The molecule has 2 aromatic carbocycles. The van der Waals surface area contributed by atoms with Crippen molar-refractivity contribution >= 4 is 31.6 Å². The van der Waals surface area contributed by atoms with Crippen LogP contribution in [0.2, 0.25) is 0 Å². The second-order valence-electron chi connectivity index (χ2n) is 4.98. The van der Waals surface area contributed by atoms with Gasteiger partial charge in [-0.15, -0.1) is 0 Å². The number of rotatable bonds is 6.